The predicted molar refractivity (Wildman–Crippen MR) is 144 cm³/mol. The van der Waals surface area contributed by atoms with Gasteiger partial charge in [0, 0.05) is 18.5 Å². The van der Waals surface area contributed by atoms with E-state index in [-0.39, 0.29) is 13.0 Å². The fourth-order valence-electron chi connectivity index (χ4n) is 4.84. The third-order valence-corrected chi connectivity index (χ3v) is 8.46. The summed E-state index contributed by atoms with van der Waals surface area (Å²) >= 11 is 1.35. The van der Waals surface area contributed by atoms with E-state index in [1.165, 1.54) is 22.3 Å². The average molecular weight is 556 g/mol. The number of likely N-dealkylation sites (tertiary alicyclic amines) is 1. The van der Waals surface area contributed by atoms with Crippen LogP contribution in [0.3, 0.4) is 0 Å². The van der Waals surface area contributed by atoms with Crippen LogP contribution in [0.2, 0.25) is 0 Å². The first-order valence-electron chi connectivity index (χ1n) is 13.0. The normalized spacial score (nSPS) is 21.5. The van der Waals surface area contributed by atoms with Crippen molar-refractivity contribution in [3.8, 4) is 16.5 Å². The molecule has 2 heterocycles. The second-order valence-corrected chi connectivity index (χ2v) is 12.5. The van der Waals surface area contributed by atoms with Gasteiger partial charge in [0.15, 0.2) is 0 Å². The van der Waals surface area contributed by atoms with Crippen molar-refractivity contribution in [3.05, 3.63) is 40.8 Å². The molecule has 1 saturated heterocycles. The van der Waals surface area contributed by atoms with Crippen molar-refractivity contribution in [1.82, 2.24) is 20.5 Å². The predicted octanol–water partition coefficient (Wildman–Crippen LogP) is 3.23. The fraction of sp³-hybridized carbons (Fsp3) is 0.536. The van der Waals surface area contributed by atoms with Gasteiger partial charge in [-0.1, -0.05) is 32.9 Å². The zero-order chi connectivity index (χ0) is 28.7. The molecule has 0 bridgehead atoms. The second kappa shape index (κ2) is 10.7. The van der Waals surface area contributed by atoms with E-state index in [1.54, 1.807) is 45.3 Å². The molecule has 208 valence electrons. The van der Waals surface area contributed by atoms with Crippen molar-refractivity contribution in [2.24, 2.45) is 10.8 Å². The summed E-state index contributed by atoms with van der Waals surface area (Å²) in [5, 5.41) is 25.4. The molecule has 1 aromatic heterocycles. The highest BCUT2D eigenvalue weighted by atomic mass is 32.1. The molecule has 1 saturated carbocycles. The Morgan fingerprint density at radius 3 is 2.51 bits per heavy atom. The Labute approximate surface area is 231 Å². The number of nitriles is 1. The molecule has 0 radical (unpaired) electrons. The number of halogens is 1. The summed E-state index contributed by atoms with van der Waals surface area (Å²) in [6.07, 6.45) is 0.00766. The number of hydrogen-bond acceptors (Lipinski definition) is 7. The minimum absolute atomic E-state index is 0.0369. The highest BCUT2D eigenvalue weighted by Crippen LogP contribution is 2.45. The van der Waals surface area contributed by atoms with Gasteiger partial charge in [-0.15, -0.1) is 11.3 Å². The zero-order valence-electron chi connectivity index (χ0n) is 22.7. The Kier molecular flexibility index (Phi) is 7.83. The second-order valence-electron chi connectivity index (χ2n) is 11.6. The number of hydrogen-bond donors (Lipinski definition) is 3. The van der Waals surface area contributed by atoms with E-state index in [4.69, 9.17) is 0 Å². The average Bonchev–Trinajstić information content (AvgIpc) is 3.41. The third kappa shape index (κ3) is 5.82. The molecule has 9 nitrogen and oxygen atoms in total. The van der Waals surface area contributed by atoms with Crippen molar-refractivity contribution < 1.29 is 23.9 Å². The molecule has 11 heteroatoms. The van der Waals surface area contributed by atoms with E-state index in [2.05, 4.69) is 15.6 Å². The maximum absolute atomic E-state index is 15.0. The van der Waals surface area contributed by atoms with Gasteiger partial charge in [-0.05, 0) is 43.7 Å². The number of aromatic nitrogens is 1. The summed E-state index contributed by atoms with van der Waals surface area (Å²) in [5.74, 6) is -1.90. The number of rotatable bonds is 7. The molecule has 1 aliphatic heterocycles. The van der Waals surface area contributed by atoms with Gasteiger partial charge >= 0.3 is 0 Å². The number of carbonyl (C=O) groups excluding carboxylic acids is 3. The van der Waals surface area contributed by atoms with Crippen molar-refractivity contribution in [1.29, 1.82) is 5.26 Å². The van der Waals surface area contributed by atoms with Crippen molar-refractivity contribution in [2.75, 3.05) is 6.54 Å². The van der Waals surface area contributed by atoms with E-state index < -0.39 is 58.6 Å². The first-order chi connectivity index (χ1) is 18.3. The fourth-order valence-corrected chi connectivity index (χ4v) is 5.67. The lowest BCUT2D eigenvalue weighted by molar-refractivity contribution is -0.144. The first kappa shape index (κ1) is 28.6. The van der Waals surface area contributed by atoms with E-state index in [9.17, 15) is 29.1 Å². The minimum Gasteiger partial charge on any atom is -0.391 e. The van der Waals surface area contributed by atoms with Crippen LogP contribution < -0.4 is 10.6 Å². The first-order valence-corrected chi connectivity index (χ1v) is 13.9. The van der Waals surface area contributed by atoms with Gasteiger partial charge in [-0.2, -0.15) is 5.26 Å². The molecule has 1 aliphatic carbocycles. The number of aliphatic hydroxyl groups is 1. The van der Waals surface area contributed by atoms with E-state index >= 15 is 0 Å². The van der Waals surface area contributed by atoms with Gasteiger partial charge in [0.1, 0.15) is 23.3 Å². The van der Waals surface area contributed by atoms with Gasteiger partial charge in [0.05, 0.1) is 34.3 Å². The summed E-state index contributed by atoms with van der Waals surface area (Å²) in [7, 11) is 0. The number of carbonyl (C=O) groups is 3. The molecular weight excluding hydrogens is 521 g/mol. The number of amides is 3. The quantitative estimate of drug-likeness (QED) is 0.480. The van der Waals surface area contributed by atoms with Crippen LogP contribution in [0.4, 0.5) is 4.39 Å². The number of nitrogens with one attached hydrogen (secondary N) is 2. The Morgan fingerprint density at radius 2 is 1.97 bits per heavy atom. The SMILES string of the molecule is Cc1ncsc1-c1ccc([C@H](C)NC(=O)[C@@H]2C[C@@H](O)CN2C(=O)[C@H](NC(=O)C2(C#N)CC2)C(C)(C)C)cc1F. The highest BCUT2D eigenvalue weighted by molar-refractivity contribution is 7.13. The smallest absolute Gasteiger partial charge is 0.246 e. The summed E-state index contributed by atoms with van der Waals surface area (Å²) in [6.45, 7) is 8.84. The van der Waals surface area contributed by atoms with E-state index in [1.807, 2.05) is 13.0 Å². The lowest BCUT2D eigenvalue weighted by atomic mass is 9.85. The van der Waals surface area contributed by atoms with Crippen molar-refractivity contribution in [2.45, 2.75) is 78.1 Å². The summed E-state index contributed by atoms with van der Waals surface area (Å²) in [4.78, 5) is 46.0. The number of β-amino-alcohol motifs (C(OH)–C–C–N with tert-alkyl or cyclic N) is 1. The van der Waals surface area contributed by atoms with Gasteiger partial charge < -0.3 is 20.6 Å². The van der Waals surface area contributed by atoms with Crippen LogP contribution in [0.25, 0.3) is 10.4 Å². The van der Waals surface area contributed by atoms with Crippen LogP contribution in [0, 0.1) is 34.9 Å². The number of aryl methyl sites for hydroxylation is 1. The molecule has 39 heavy (non-hydrogen) atoms. The van der Waals surface area contributed by atoms with Crippen molar-refractivity contribution >= 4 is 29.1 Å². The molecule has 1 aromatic carbocycles. The number of thiazole rings is 1. The monoisotopic (exact) mass is 555 g/mol. The van der Waals surface area contributed by atoms with Crippen LogP contribution >= 0.6 is 11.3 Å². The number of nitrogens with zero attached hydrogens (tertiary/aromatic N) is 3. The van der Waals surface area contributed by atoms with Gasteiger partial charge in [-0.25, -0.2) is 9.37 Å². The molecule has 4 rings (SSSR count). The van der Waals surface area contributed by atoms with Gasteiger partial charge in [-0.3, -0.25) is 14.4 Å². The Hall–Kier alpha value is -3.36. The molecule has 3 amide bonds. The van der Waals surface area contributed by atoms with E-state index in [0.29, 0.717) is 24.0 Å². The molecule has 0 unspecified atom stereocenters. The molecule has 3 N–H and O–H groups in total. The summed E-state index contributed by atoms with van der Waals surface area (Å²) < 4.78 is 15.0. The van der Waals surface area contributed by atoms with Crippen LogP contribution in [0.15, 0.2) is 23.7 Å². The van der Waals surface area contributed by atoms with Gasteiger partial charge in [0.2, 0.25) is 17.7 Å². The topological polar surface area (TPSA) is 135 Å². The molecular formula is C28H34FN5O4S. The third-order valence-electron chi connectivity index (χ3n) is 7.49. The summed E-state index contributed by atoms with van der Waals surface area (Å²) in [5.41, 5.74) is 1.57. The lowest BCUT2D eigenvalue weighted by Crippen LogP contribution is -2.58. The van der Waals surface area contributed by atoms with E-state index in [0.717, 1.165) is 10.6 Å². The highest BCUT2D eigenvalue weighted by Gasteiger charge is 2.53. The molecule has 2 fully saturated rings. The maximum Gasteiger partial charge on any atom is 0.246 e. The van der Waals surface area contributed by atoms with Crippen LogP contribution in [-0.2, 0) is 14.4 Å². The molecule has 4 atom stereocenters. The summed E-state index contributed by atoms with van der Waals surface area (Å²) in [6, 6.07) is 4.28. The minimum atomic E-state index is -1.11. The Bertz CT molecular complexity index is 1330. The van der Waals surface area contributed by atoms with Crippen LogP contribution in [0.5, 0.6) is 0 Å². The van der Waals surface area contributed by atoms with Crippen LogP contribution in [-0.4, -0.2) is 57.4 Å². The Morgan fingerprint density at radius 1 is 1.28 bits per heavy atom. The van der Waals surface area contributed by atoms with Crippen LogP contribution in [0.1, 0.15) is 64.3 Å². The molecule has 0 spiro atoms. The zero-order valence-corrected chi connectivity index (χ0v) is 23.6. The standard InChI is InChI=1S/C28H34FN5O4S/c1-15(17-6-7-19(20(29)10-17)22-16(2)31-14-39-22)32-24(36)21-11-18(35)12-34(21)25(37)23(27(3,4)5)33-26(38)28(13-30)8-9-28/h6-7,10,14-15,18,21,23,35H,8-9,11-12H2,1-5H3,(H,32,36)(H,33,38)/t15-,18+,21-,23-/m0/s1. The van der Waals surface area contributed by atoms with Gasteiger partial charge in [0.25, 0.3) is 0 Å². The number of benzene rings is 1. The number of aliphatic hydroxyl groups excluding tert-OH is 1. The molecule has 2 aliphatic rings. The van der Waals surface area contributed by atoms with Crippen molar-refractivity contribution in [3.63, 3.8) is 0 Å². The maximum atomic E-state index is 15.0. The largest absolute Gasteiger partial charge is 0.391 e. The lowest BCUT2D eigenvalue weighted by Gasteiger charge is -2.36. The Balaban J connectivity index is 1.49. The molecule has 2 aromatic rings.